The van der Waals surface area contributed by atoms with Gasteiger partial charge in [-0.25, -0.2) is 0 Å². The standard InChI is InChI=1S/C20H21NO4/c1-14-5-2-3-7-17(14)21(20(22)16-9-10-23-12-16)11-15-6-4-8-18-19(15)25-13-24-18/h2-8,16H,9-13H2,1H3. The van der Waals surface area contributed by atoms with Crippen molar-refractivity contribution in [3.63, 3.8) is 0 Å². The van der Waals surface area contributed by atoms with Crippen LogP contribution < -0.4 is 14.4 Å². The fourth-order valence-electron chi connectivity index (χ4n) is 3.38. The minimum Gasteiger partial charge on any atom is -0.454 e. The van der Waals surface area contributed by atoms with E-state index < -0.39 is 0 Å². The number of hydrogen-bond donors (Lipinski definition) is 0. The SMILES string of the molecule is Cc1ccccc1N(Cc1cccc2c1OCO2)C(=O)C1CCOC1. The molecule has 130 valence electrons. The summed E-state index contributed by atoms with van der Waals surface area (Å²) in [4.78, 5) is 15.0. The zero-order chi connectivity index (χ0) is 17.2. The topological polar surface area (TPSA) is 48.0 Å². The molecule has 1 fully saturated rings. The maximum absolute atomic E-state index is 13.2. The van der Waals surface area contributed by atoms with Crippen molar-refractivity contribution in [2.75, 3.05) is 24.9 Å². The zero-order valence-corrected chi connectivity index (χ0v) is 14.2. The van der Waals surface area contributed by atoms with Crippen LogP contribution in [0.4, 0.5) is 5.69 Å². The van der Waals surface area contributed by atoms with E-state index in [2.05, 4.69) is 0 Å². The van der Waals surface area contributed by atoms with Crippen LogP contribution in [0.3, 0.4) is 0 Å². The summed E-state index contributed by atoms with van der Waals surface area (Å²) < 4.78 is 16.5. The van der Waals surface area contributed by atoms with Gasteiger partial charge in [-0.2, -0.15) is 0 Å². The van der Waals surface area contributed by atoms with E-state index in [4.69, 9.17) is 14.2 Å². The molecule has 1 unspecified atom stereocenters. The van der Waals surface area contributed by atoms with Gasteiger partial charge in [0.1, 0.15) is 0 Å². The van der Waals surface area contributed by atoms with E-state index in [9.17, 15) is 4.79 Å². The molecule has 1 amide bonds. The van der Waals surface area contributed by atoms with Crippen LogP contribution in [-0.2, 0) is 16.1 Å². The van der Waals surface area contributed by atoms with Crippen LogP contribution >= 0.6 is 0 Å². The summed E-state index contributed by atoms with van der Waals surface area (Å²) in [6.45, 7) is 3.84. The van der Waals surface area contributed by atoms with Gasteiger partial charge in [-0.15, -0.1) is 0 Å². The van der Waals surface area contributed by atoms with Gasteiger partial charge in [0.25, 0.3) is 0 Å². The Labute approximate surface area is 147 Å². The number of anilines is 1. The number of rotatable bonds is 4. The number of ether oxygens (including phenoxy) is 3. The van der Waals surface area contributed by atoms with E-state index in [1.807, 2.05) is 54.3 Å². The Morgan fingerprint density at radius 1 is 1.16 bits per heavy atom. The van der Waals surface area contributed by atoms with E-state index in [0.29, 0.717) is 19.8 Å². The van der Waals surface area contributed by atoms with E-state index in [1.54, 1.807) is 0 Å². The third-order valence-corrected chi connectivity index (χ3v) is 4.76. The first kappa shape index (κ1) is 16.0. The Morgan fingerprint density at radius 3 is 2.84 bits per heavy atom. The second-order valence-electron chi connectivity index (χ2n) is 6.42. The van der Waals surface area contributed by atoms with Gasteiger partial charge in [-0.05, 0) is 31.0 Å². The maximum Gasteiger partial charge on any atom is 0.232 e. The molecular formula is C20H21NO4. The summed E-state index contributed by atoms with van der Waals surface area (Å²) >= 11 is 0. The highest BCUT2D eigenvalue weighted by atomic mass is 16.7. The molecule has 0 aliphatic carbocycles. The average molecular weight is 339 g/mol. The molecule has 2 aromatic rings. The summed E-state index contributed by atoms with van der Waals surface area (Å²) in [5.41, 5.74) is 2.95. The van der Waals surface area contributed by atoms with Crippen molar-refractivity contribution < 1.29 is 19.0 Å². The highest BCUT2D eigenvalue weighted by Gasteiger charge is 2.31. The van der Waals surface area contributed by atoms with Crippen LogP contribution in [0.1, 0.15) is 17.5 Å². The van der Waals surface area contributed by atoms with Crippen molar-refractivity contribution in [2.24, 2.45) is 5.92 Å². The smallest absolute Gasteiger partial charge is 0.232 e. The quantitative estimate of drug-likeness (QED) is 0.858. The number of para-hydroxylation sites is 2. The molecule has 2 aromatic carbocycles. The molecule has 25 heavy (non-hydrogen) atoms. The monoisotopic (exact) mass is 339 g/mol. The van der Waals surface area contributed by atoms with Crippen molar-refractivity contribution >= 4 is 11.6 Å². The molecule has 0 spiro atoms. The van der Waals surface area contributed by atoms with Crippen LogP contribution in [0.5, 0.6) is 11.5 Å². The maximum atomic E-state index is 13.2. The van der Waals surface area contributed by atoms with Crippen LogP contribution in [-0.4, -0.2) is 25.9 Å². The summed E-state index contributed by atoms with van der Waals surface area (Å²) in [6.07, 6.45) is 0.772. The summed E-state index contributed by atoms with van der Waals surface area (Å²) in [6, 6.07) is 13.8. The molecule has 5 heteroatoms. The van der Waals surface area contributed by atoms with E-state index in [1.165, 1.54) is 0 Å². The first-order valence-corrected chi connectivity index (χ1v) is 8.56. The van der Waals surface area contributed by atoms with Crippen molar-refractivity contribution in [3.05, 3.63) is 53.6 Å². The Morgan fingerprint density at radius 2 is 2.04 bits per heavy atom. The summed E-state index contributed by atoms with van der Waals surface area (Å²) in [5, 5.41) is 0. The summed E-state index contributed by atoms with van der Waals surface area (Å²) in [7, 11) is 0. The molecular weight excluding hydrogens is 318 g/mol. The number of carbonyl (C=O) groups excluding carboxylic acids is 1. The van der Waals surface area contributed by atoms with Gasteiger partial charge in [0, 0.05) is 17.9 Å². The van der Waals surface area contributed by atoms with E-state index in [-0.39, 0.29) is 18.6 Å². The first-order valence-electron chi connectivity index (χ1n) is 8.56. The Kier molecular flexibility index (Phi) is 4.32. The van der Waals surface area contributed by atoms with Crippen molar-refractivity contribution in [3.8, 4) is 11.5 Å². The Hall–Kier alpha value is -2.53. The highest BCUT2D eigenvalue weighted by molar-refractivity contribution is 5.96. The lowest BCUT2D eigenvalue weighted by Crippen LogP contribution is -2.36. The van der Waals surface area contributed by atoms with E-state index in [0.717, 1.165) is 34.7 Å². The third-order valence-electron chi connectivity index (χ3n) is 4.76. The predicted molar refractivity (Wildman–Crippen MR) is 93.9 cm³/mol. The van der Waals surface area contributed by atoms with E-state index >= 15 is 0 Å². The Bertz CT molecular complexity index is 783. The van der Waals surface area contributed by atoms with Gasteiger partial charge in [-0.1, -0.05) is 30.3 Å². The fourth-order valence-corrected chi connectivity index (χ4v) is 3.38. The molecule has 0 bridgehead atoms. The predicted octanol–water partition coefficient (Wildman–Crippen LogP) is 3.29. The molecule has 0 aromatic heterocycles. The fraction of sp³-hybridized carbons (Fsp3) is 0.350. The number of amides is 1. The second-order valence-corrected chi connectivity index (χ2v) is 6.42. The minimum absolute atomic E-state index is 0.0893. The van der Waals surface area contributed by atoms with Crippen LogP contribution in [0, 0.1) is 12.8 Å². The lowest BCUT2D eigenvalue weighted by Gasteiger charge is -2.27. The van der Waals surface area contributed by atoms with Crippen LogP contribution in [0.2, 0.25) is 0 Å². The number of fused-ring (bicyclic) bond motifs is 1. The number of nitrogens with zero attached hydrogens (tertiary/aromatic N) is 1. The molecule has 0 N–H and O–H groups in total. The molecule has 2 aliphatic rings. The van der Waals surface area contributed by atoms with Gasteiger partial charge in [-0.3, -0.25) is 4.79 Å². The summed E-state index contributed by atoms with van der Waals surface area (Å²) in [5.74, 6) is 1.48. The first-order chi connectivity index (χ1) is 12.2. The lowest BCUT2D eigenvalue weighted by molar-refractivity contribution is -0.122. The molecule has 5 nitrogen and oxygen atoms in total. The van der Waals surface area contributed by atoms with Crippen LogP contribution in [0.25, 0.3) is 0 Å². The average Bonchev–Trinajstić information content (AvgIpc) is 3.31. The third kappa shape index (κ3) is 3.07. The molecule has 0 radical (unpaired) electrons. The number of hydrogen-bond acceptors (Lipinski definition) is 4. The molecule has 1 atom stereocenters. The van der Waals surface area contributed by atoms with Gasteiger partial charge in [0.05, 0.1) is 19.1 Å². The molecule has 2 aliphatic heterocycles. The highest BCUT2D eigenvalue weighted by Crippen LogP contribution is 2.37. The van der Waals surface area contributed by atoms with Gasteiger partial charge in [0.15, 0.2) is 11.5 Å². The minimum atomic E-state index is -0.0893. The zero-order valence-electron chi connectivity index (χ0n) is 14.2. The number of benzene rings is 2. The van der Waals surface area contributed by atoms with Gasteiger partial charge < -0.3 is 19.1 Å². The van der Waals surface area contributed by atoms with Crippen molar-refractivity contribution in [2.45, 2.75) is 19.9 Å². The lowest BCUT2D eigenvalue weighted by atomic mass is 10.0. The second kappa shape index (κ2) is 6.76. The normalized spacial score (nSPS) is 18.4. The van der Waals surface area contributed by atoms with Crippen molar-refractivity contribution in [1.82, 2.24) is 0 Å². The number of carbonyl (C=O) groups is 1. The molecule has 1 saturated heterocycles. The Balaban J connectivity index is 1.69. The number of aryl methyl sites for hydroxylation is 1. The molecule has 2 heterocycles. The largest absolute Gasteiger partial charge is 0.454 e. The van der Waals surface area contributed by atoms with Crippen LogP contribution in [0.15, 0.2) is 42.5 Å². The van der Waals surface area contributed by atoms with Gasteiger partial charge >= 0.3 is 0 Å². The molecule has 0 saturated carbocycles. The van der Waals surface area contributed by atoms with Gasteiger partial charge in [0.2, 0.25) is 12.7 Å². The van der Waals surface area contributed by atoms with Crippen molar-refractivity contribution in [1.29, 1.82) is 0 Å². The molecule has 4 rings (SSSR count).